The number of aliphatic hydroxyl groups is 1. The molecule has 12 heteroatoms. The van der Waals surface area contributed by atoms with Gasteiger partial charge >= 0.3 is 12.1 Å². The van der Waals surface area contributed by atoms with Gasteiger partial charge in [0.1, 0.15) is 25.3 Å². The first-order chi connectivity index (χ1) is 27.3. The molecule has 4 atom stereocenters. The molecule has 4 unspecified atom stereocenters. The second-order valence-corrected chi connectivity index (χ2v) is 14.5. The summed E-state index contributed by atoms with van der Waals surface area (Å²) in [5.74, 6) is -3.23. The number of carbonyl (C=O) groups excluding carboxylic acids is 5. The molecule has 0 saturated carbocycles. The number of nitrogens with zero attached hydrogens (tertiary/aromatic N) is 1. The summed E-state index contributed by atoms with van der Waals surface area (Å²) in [4.78, 5) is 69.4. The van der Waals surface area contributed by atoms with Gasteiger partial charge in [0.15, 0.2) is 0 Å². The summed E-state index contributed by atoms with van der Waals surface area (Å²) in [5, 5.41) is 19.9. The van der Waals surface area contributed by atoms with Crippen molar-refractivity contribution in [3.63, 3.8) is 0 Å². The van der Waals surface area contributed by atoms with Crippen molar-refractivity contribution in [2.24, 2.45) is 5.92 Å². The molecule has 0 radical (unpaired) electrons. The maximum Gasteiger partial charge on any atom is 0.407 e. The zero-order valence-electron chi connectivity index (χ0n) is 31.0. The van der Waals surface area contributed by atoms with E-state index in [2.05, 4.69) is 16.0 Å². The van der Waals surface area contributed by atoms with Crippen LogP contribution in [0.1, 0.15) is 55.6 Å². The number of carbonyl (C=O) groups is 5. The fourth-order valence-electron chi connectivity index (χ4n) is 7.87. The summed E-state index contributed by atoms with van der Waals surface area (Å²) in [6.45, 7) is -0.129. The molecule has 3 aliphatic rings. The number of amides is 4. The minimum Gasteiger partial charge on any atom is -0.461 e. The molecule has 4 aromatic rings. The van der Waals surface area contributed by atoms with Gasteiger partial charge in [0, 0.05) is 24.6 Å². The van der Waals surface area contributed by atoms with Crippen molar-refractivity contribution in [3.05, 3.63) is 114 Å². The number of ether oxygens (including phenoxy) is 2. The number of rotatable bonds is 8. The Morgan fingerprint density at radius 3 is 2.34 bits per heavy atom. The van der Waals surface area contributed by atoms with Crippen LogP contribution in [0.15, 0.2) is 103 Å². The van der Waals surface area contributed by atoms with E-state index in [4.69, 9.17) is 9.47 Å². The van der Waals surface area contributed by atoms with E-state index in [1.165, 1.54) is 0 Å². The van der Waals surface area contributed by atoms with Crippen molar-refractivity contribution in [2.45, 2.75) is 62.6 Å². The number of nitrogens with one attached hydrogen (secondary N) is 3. The van der Waals surface area contributed by atoms with Gasteiger partial charge in [-0.15, -0.1) is 0 Å². The highest BCUT2D eigenvalue weighted by Crippen LogP contribution is 2.44. The quantitative estimate of drug-likeness (QED) is 0.136. The molecule has 1 fully saturated rings. The summed E-state index contributed by atoms with van der Waals surface area (Å²) in [6, 6.07) is 26.3. The fourth-order valence-corrected chi connectivity index (χ4v) is 7.87. The van der Waals surface area contributed by atoms with E-state index >= 15 is 0 Å². The van der Waals surface area contributed by atoms with Crippen LogP contribution in [0.4, 0.5) is 10.5 Å². The van der Waals surface area contributed by atoms with Crippen LogP contribution in [0.5, 0.6) is 0 Å². The topological polar surface area (TPSA) is 163 Å². The molecular formula is C44H46N4O8. The first-order valence-corrected chi connectivity index (χ1v) is 19.2. The van der Waals surface area contributed by atoms with Gasteiger partial charge in [-0.2, -0.15) is 0 Å². The minimum absolute atomic E-state index is 0.0567. The van der Waals surface area contributed by atoms with Crippen LogP contribution in [-0.2, 0) is 28.7 Å². The normalized spacial score (nSPS) is 21.4. The van der Waals surface area contributed by atoms with Crippen LogP contribution in [-0.4, -0.2) is 84.3 Å². The van der Waals surface area contributed by atoms with Crippen LogP contribution < -0.4 is 16.0 Å². The van der Waals surface area contributed by atoms with Crippen molar-refractivity contribution in [2.75, 3.05) is 31.7 Å². The Bertz CT molecular complexity index is 2090. The highest BCUT2D eigenvalue weighted by atomic mass is 16.6. The molecule has 7 rings (SSSR count). The van der Waals surface area contributed by atoms with Gasteiger partial charge in [0.05, 0.1) is 18.6 Å². The first kappa shape index (κ1) is 38.3. The first-order valence-electron chi connectivity index (χ1n) is 19.2. The van der Waals surface area contributed by atoms with Gasteiger partial charge in [0.2, 0.25) is 11.8 Å². The maximum atomic E-state index is 13.8. The van der Waals surface area contributed by atoms with Gasteiger partial charge in [-0.1, -0.05) is 91.0 Å². The average molecular weight is 759 g/mol. The largest absolute Gasteiger partial charge is 0.461 e. The van der Waals surface area contributed by atoms with Crippen LogP contribution in [0.3, 0.4) is 0 Å². The average Bonchev–Trinajstić information content (AvgIpc) is 3.83. The van der Waals surface area contributed by atoms with E-state index in [1.54, 1.807) is 29.2 Å². The lowest BCUT2D eigenvalue weighted by Gasteiger charge is -2.26. The maximum absolute atomic E-state index is 13.8. The number of hydrogen-bond donors (Lipinski definition) is 4. The predicted molar refractivity (Wildman–Crippen MR) is 210 cm³/mol. The third-order valence-electron chi connectivity index (χ3n) is 10.9. The highest BCUT2D eigenvalue weighted by Gasteiger charge is 2.34. The minimum atomic E-state index is -1.33. The SMILES string of the molecule is O=C(NC1CCC=CCC(CC(=O)N2CCCC2CO)C(=O)NC(C(=O)Nc2ccc3ccccc3c2)COC1=O)OCC1c2ccccc2-c2ccccc21. The number of likely N-dealkylation sites (tertiary alicyclic amines) is 1. The molecule has 4 N–H and O–H groups in total. The monoisotopic (exact) mass is 758 g/mol. The van der Waals surface area contributed by atoms with Crippen molar-refractivity contribution >= 4 is 46.2 Å². The molecule has 0 spiro atoms. The van der Waals surface area contributed by atoms with E-state index in [1.807, 2.05) is 78.9 Å². The third kappa shape index (κ3) is 8.76. The van der Waals surface area contributed by atoms with E-state index in [0.717, 1.165) is 39.4 Å². The molecule has 0 bridgehead atoms. The van der Waals surface area contributed by atoms with E-state index < -0.39 is 48.5 Å². The number of fused-ring (bicyclic) bond motifs is 4. The molecule has 4 amide bonds. The zero-order valence-corrected chi connectivity index (χ0v) is 31.0. The Morgan fingerprint density at radius 2 is 1.59 bits per heavy atom. The van der Waals surface area contributed by atoms with Crippen LogP contribution in [0, 0.1) is 5.92 Å². The van der Waals surface area contributed by atoms with Crippen molar-refractivity contribution in [3.8, 4) is 11.1 Å². The molecule has 0 aromatic heterocycles. The predicted octanol–water partition coefficient (Wildman–Crippen LogP) is 5.44. The van der Waals surface area contributed by atoms with Crippen molar-refractivity contribution in [1.82, 2.24) is 15.5 Å². The lowest BCUT2D eigenvalue weighted by Crippen LogP contribution is -2.51. The van der Waals surface area contributed by atoms with Crippen LogP contribution >= 0.6 is 0 Å². The summed E-state index contributed by atoms with van der Waals surface area (Å²) in [5.41, 5.74) is 4.76. The number of cyclic esters (lactones) is 1. The second-order valence-electron chi connectivity index (χ2n) is 14.5. The fraction of sp³-hybridized carbons (Fsp3) is 0.341. The summed E-state index contributed by atoms with van der Waals surface area (Å²) in [7, 11) is 0. The molecule has 1 aliphatic carbocycles. The van der Waals surface area contributed by atoms with Gasteiger partial charge in [-0.3, -0.25) is 14.4 Å². The molecular weight excluding hydrogens is 713 g/mol. The number of aliphatic hydroxyl groups excluding tert-OH is 1. The third-order valence-corrected chi connectivity index (χ3v) is 10.9. The van der Waals surface area contributed by atoms with Crippen LogP contribution in [0.2, 0.25) is 0 Å². The molecule has 290 valence electrons. The number of benzene rings is 4. The van der Waals surface area contributed by atoms with Gasteiger partial charge in [0.25, 0.3) is 5.91 Å². The lowest BCUT2D eigenvalue weighted by atomic mass is 9.97. The van der Waals surface area contributed by atoms with E-state index in [-0.39, 0.29) is 50.3 Å². The van der Waals surface area contributed by atoms with Crippen LogP contribution in [0.25, 0.3) is 21.9 Å². The molecule has 1 saturated heterocycles. The Morgan fingerprint density at radius 1 is 0.875 bits per heavy atom. The number of esters is 1. The second kappa shape index (κ2) is 17.6. The Balaban J connectivity index is 1.06. The van der Waals surface area contributed by atoms with Gasteiger partial charge < -0.3 is 35.4 Å². The van der Waals surface area contributed by atoms with E-state index in [0.29, 0.717) is 25.1 Å². The van der Waals surface area contributed by atoms with Gasteiger partial charge in [-0.25, -0.2) is 9.59 Å². The molecule has 56 heavy (non-hydrogen) atoms. The summed E-state index contributed by atoms with van der Waals surface area (Å²) >= 11 is 0. The Labute approximate surface area is 325 Å². The molecule has 2 aliphatic heterocycles. The highest BCUT2D eigenvalue weighted by molar-refractivity contribution is 6.00. The van der Waals surface area contributed by atoms with Crippen molar-refractivity contribution < 1.29 is 38.6 Å². The molecule has 2 heterocycles. The summed E-state index contributed by atoms with van der Waals surface area (Å²) in [6.07, 6.45) is 4.78. The summed E-state index contributed by atoms with van der Waals surface area (Å²) < 4.78 is 11.4. The van der Waals surface area contributed by atoms with Crippen molar-refractivity contribution in [1.29, 1.82) is 0 Å². The standard InChI is InChI=1S/C44H46N4O8/c49-25-32-14-10-22-48(32)40(50)24-30-13-2-1-3-19-38(47-44(54)56-26-37-35-17-8-6-15-33(35)34-16-7-9-18-36(34)37)43(53)55-27-39(46-41(30)51)42(52)45-31-21-20-28-11-4-5-12-29(28)23-31/h1-2,4-9,11-12,15-18,20-21,23,30,32,37-39,49H,3,10,13-14,19,22,24-27H2,(H,45,52)(H,46,51)(H,47,54). The number of alkyl carbamates (subject to hydrolysis) is 1. The number of allylic oxidation sites excluding steroid dienone is 2. The Hall–Kier alpha value is -6.01. The van der Waals surface area contributed by atoms with Gasteiger partial charge in [-0.05, 0) is 77.3 Å². The molecule has 4 aromatic carbocycles. The van der Waals surface area contributed by atoms with E-state index in [9.17, 15) is 29.1 Å². The zero-order chi connectivity index (χ0) is 39.0. The smallest absolute Gasteiger partial charge is 0.407 e. The Kier molecular flexibility index (Phi) is 12.1. The lowest BCUT2D eigenvalue weighted by molar-refractivity contribution is -0.148. The number of hydrogen-bond acceptors (Lipinski definition) is 8. The molecule has 12 nitrogen and oxygen atoms in total. The number of anilines is 1.